The van der Waals surface area contributed by atoms with E-state index in [-0.39, 0.29) is 6.61 Å². The first-order chi connectivity index (χ1) is 8.11. The number of aliphatic hydroxyl groups is 1. The molecule has 0 saturated carbocycles. The van der Waals surface area contributed by atoms with Crippen molar-refractivity contribution in [3.8, 4) is 10.6 Å². The zero-order chi connectivity index (χ0) is 12.4. The van der Waals surface area contributed by atoms with Gasteiger partial charge in [0.25, 0.3) is 0 Å². The number of benzene rings is 1. The zero-order valence-corrected chi connectivity index (χ0v) is 11.3. The van der Waals surface area contributed by atoms with Crippen LogP contribution in [0.3, 0.4) is 0 Å². The number of aromatic nitrogens is 1. The summed E-state index contributed by atoms with van der Waals surface area (Å²) in [4.78, 5) is 5.63. The second kappa shape index (κ2) is 5.17. The van der Waals surface area contributed by atoms with Crippen molar-refractivity contribution in [2.45, 2.75) is 26.4 Å². The Kier molecular flexibility index (Phi) is 3.82. The van der Waals surface area contributed by atoms with Gasteiger partial charge in [-0.25, -0.2) is 4.98 Å². The fraction of sp³-hybridized carbons (Fsp3) is 0.308. The van der Waals surface area contributed by atoms with Gasteiger partial charge in [0.05, 0.1) is 12.3 Å². The molecule has 0 aliphatic rings. The van der Waals surface area contributed by atoms with E-state index >= 15 is 0 Å². The minimum absolute atomic E-state index is 0.00238. The molecule has 0 radical (unpaired) electrons. The molecule has 0 fully saturated rings. The van der Waals surface area contributed by atoms with Crippen molar-refractivity contribution >= 4 is 22.9 Å². The van der Waals surface area contributed by atoms with Gasteiger partial charge in [-0.3, -0.25) is 0 Å². The molecule has 0 unspecified atom stereocenters. The van der Waals surface area contributed by atoms with Crippen molar-refractivity contribution in [1.29, 1.82) is 0 Å². The van der Waals surface area contributed by atoms with E-state index in [0.29, 0.717) is 5.92 Å². The van der Waals surface area contributed by atoms with Gasteiger partial charge in [0, 0.05) is 15.5 Å². The lowest BCUT2D eigenvalue weighted by Crippen LogP contribution is -1.91. The van der Waals surface area contributed by atoms with Crippen LogP contribution in [0, 0.1) is 0 Å². The summed E-state index contributed by atoms with van der Waals surface area (Å²) >= 11 is 7.49. The van der Waals surface area contributed by atoms with E-state index < -0.39 is 0 Å². The Balaban J connectivity index is 2.42. The van der Waals surface area contributed by atoms with Crippen LogP contribution in [0.15, 0.2) is 24.3 Å². The van der Waals surface area contributed by atoms with Gasteiger partial charge in [0.15, 0.2) is 0 Å². The molecule has 0 saturated heterocycles. The van der Waals surface area contributed by atoms with E-state index in [4.69, 9.17) is 11.6 Å². The van der Waals surface area contributed by atoms with Crippen molar-refractivity contribution < 1.29 is 5.11 Å². The third kappa shape index (κ3) is 2.68. The van der Waals surface area contributed by atoms with Crippen molar-refractivity contribution in [1.82, 2.24) is 4.98 Å². The number of thiazole rings is 1. The molecule has 1 aromatic carbocycles. The smallest absolute Gasteiger partial charge is 0.123 e. The Labute approximate surface area is 110 Å². The van der Waals surface area contributed by atoms with Crippen LogP contribution >= 0.6 is 22.9 Å². The molecular formula is C13H14ClNOS. The average Bonchev–Trinajstić information content (AvgIpc) is 2.74. The maximum atomic E-state index is 9.29. The second-order valence-electron chi connectivity index (χ2n) is 4.15. The third-order valence-electron chi connectivity index (χ3n) is 2.49. The lowest BCUT2D eigenvalue weighted by atomic mass is 10.1. The Morgan fingerprint density at radius 3 is 2.41 bits per heavy atom. The van der Waals surface area contributed by atoms with E-state index in [1.54, 1.807) is 11.3 Å². The van der Waals surface area contributed by atoms with Crippen LogP contribution in [0.1, 0.15) is 30.3 Å². The summed E-state index contributed by atoms with van der Waals surface area (Å²) < 4.78 is 0. The average molecular weight is 268 g/mol. The molecule has 0 aliphatic carbocycles. The molecular weight excluding hydrogens is 254 g/mol. The summed E-state index contributed by atoms with van der Waals surface area (Å²) in [6.45, 7) is 4.22. The largest absolute Gasteiger partial charge is 0.390 e. The molecule has 4 heteroatoms. The topological polar surface area (TPSA) is 33.1 Å². The Morgan fingerprint density at radius 1 is 1.29 bits per heavy atom. The van der Waals surface area contributed by atoms with Crippen LogP contribution in [0.2, 0.25) is 5.02 Å². The normalized spacial score (nSPS) is 11.1. The highest BCUT2D eigenvalue weighted by molar-refractivity contribution is 7.15. The number of halogens is 1. The van der Waals surface area contributed by atoms with Crippen LogP contribution in [0.25, 0.3) is 10.6 Å². The lowest BCUT2D eigenvalue weighted by Gasteiger charge is -2.01. The maximum absolute atomic E-state index is 9.29. The van der Waals surface area contributed by atoms with Gasteiger partial charge in [0.1, 0.15) is 5.01 Å². The summed E-state index contributed by atoms with van der Waals surface area (Å²) in [6.07, 6.45) is 0. The molecule has 17 heavy (non-hydrogen) atoms. The fourth-order valence-electron chi connectivity index (χ4n) is 1.64. The maximum Gasteiger partial charge on any atom is 0.123 e. The van der Waals surface area contributed by atoms with Crippen molar-refractivity contribution in [3.05, 3.63) is 39.9 Å². The molecule has 1 aromatic heterocycles. The summed E-state index contributed by atoms with van der Waals surface area (Å²) in [5.41, 5.74) is 1.83. The highest BCUT2D eigenvalue weighted by Crippen LogP contribution is 2.33. The number of rotatable bonds is 3. The van der Waals surface area contributed by atoms with Gasteiger partial charge >= 0.3 is 0 Å². The molecule has 1 heterocycles. The predicted molar refractivity (Wildman–Crippen MR) is 72.6 cm³/mol. The lowest BCUT2D eigenvalue weighted by molar-refractivity contribution is 0.276. The van der Waals surface area contributed by atoms with Crippen LogP contribution in [-0.4, -0.2) is 10.1 Å². The van der Waals surface area contributed by atoms with Gasteiger partial charge < -0.3 is 5.11 Å². The van der Waals surface area contributed by atoms with Crippen molar-refractivity contribution in [2.24, 2.45) is 0 Å². The third-order valence-corrected chi connectivity index (χ3v) is 4.19. The number of hydrogen-bond donors (Lipinski definition) is 1. The molecule has 2 nitrogen and oxygen atoms in total. The Hall–Kier alpha value is -0.900. The summed E-state index contributed by atoms with van der Waals surface area (Å²) in [5, 5.41) is 11.0. The number of aliphatic hydroxyl groups excluding tert-OH is 1. The first-order valence-corrected chi connectivity index (χ1v) is 6.67. The monoisotopic (exact) mass is 267 g/mol. The molecule has 1 N–H and O–H groups in total. The molecule has 2 aromatic rings. The fourth-order valence-corrected chi connectivity index (χ4v) is 2.85. The molecule has 90 valence electrons. The zero-order valence-electron chi connectivity index (χ0n) is 9.77. The molecule has 2 rings (SSSR count). The first kappa shape index (κ1) is 12.6. The van der Waals surface area contributed by atoms with E-state index in [9.17, 15) is 5.11 Å². The standard InChI is InChI=1S/C13H14ClNOS/c1-8(2)12-11(7-16)15-13(17-12)9-3-5-10(14)6-4-9/h3-6,8,16H,7H2,1-2H3. The minimum Gasteiger partial charge on any atom is -0.390 e. The SMILES string of the molecule is CC(C)c1sc(-c2ccc(Cl)cc2)nc1CO. The Morgan fingerprint density at radius 2 is 1.94 bits per heavy atom. The molecule has 0 spiro atoms. The van der Waals surface area contributed by atoms with E-state index in [0.717, 1.165) is 26.2 Å². The van der Waals surface area contributed by atoms with Gasteiger partial charge in [-0.05, 0) is 18.1 Å². The van der Waals surface area contributed by atoms with Crippen LogP contribution in [0.4, 0.5) is 0 Å². The summed E-state index contributed by atoms with van der Waals surface area (Å²) in [6, 6.07) is 7.61. The van der Waals surface area contributed by atoms with Gasteiger partial charge in [-0.1, -0.05) is 37.6 Å². The first-order valence-electron chi connectivity index (χ1n) is 5.48. The quantitative estimate of drug-likeness (QED) is 0.909. The summed E-state index contributed by atoms with van der Waals surface area (Å²) in [5.74, 6) is 0.385. The summed E-state index contributed by atoms with van der Waals surface area (Å²) in [7, 11) is 0. The number of hydrogen-bond acceptors (Lipinski definition) is 3. The van der Waals surface area contributed by atoms with Crippen molar-refractivity contribution in [2.75, 3.05) is 0 Å². The minimum atomic E-state index is -0.00238. The molecule has 0 aliphatic heterocycles. The van der Waals surface area contributed by atoms with Crippen molar-refractivity contribution in [3.63, 3.8) is 0 Å². The van der Waals surface area contributed by atoms with E-state index in [1.807, 2.05) is 24.3 Å². The van der Waals surface area contributed by atoms with E-state index in [1.165, 1.54) is 0 Å². The van der Waals surface area contributed by atoms with E-state index in [2.05, 4.69) is 18.8 Å². The van der Waals surface area contributed by atoms with Crippen LogP contribution in [-0.2, 0) is 6.61 Å². The Bertz CT molecular complexity index is 505. The highest BCUT2D eigenvalue weighted by Gasteiger charge is 2.14. The number of nitrogens with zero attached hydrogens (tertiary/aromatic N) is 1. The molecule has 0 amide bonds. The second-order valence-corrected chi connectivity index (χ2v) is 5.62. The molecule has 0 bridgehead atoms. The van der Waals surface area contributed by atoms with Gasteiger partial charge in [-0.2, -0.15) is 0 Å². The van der Waals surface area contributed by atoms with Gasteiger partial charge in [-0.15, -0.1) is 11.3 Å². The molecule has 0 atom stereocenters. The van der Waals surface area contributed by atoms with Gasteiger partial charge in [0.2, 0.25) is 0 Å². The van der Waals surface area contributed by atoms with Crippen LogP contribution < -0.4 is 0 Å². The predicted octanol–water partition coefficient (Wildman–Crippen LogP) is 4.08. The highest BCUT2D eigenvalue weighted by atomic mass is 35.5. The van der Waals surface area contributed by atoms with Crippen LogP contribution in [0.5, 0.6) is 0 Å².